The van der Waals surface area contributed by atoms with E-state index in [2.05, 4.69) is 35.8 Å². The van der Waals surface area contributed by atoms with Crippen LogP contribution in [0.2, 0.25) is 0 Å². The Balaban J connectivity index is 0.973. The third-order valence-electron chi connectivity index (χ3n) is 11.5. The van der Waals surface area contributed by atoms with E-state index in [0.29, 0.717) is 90.5 Å². The summed E-state index contributed by atoms with van der Waals surface area (Å²) in [6, 6.07) is 46.9. The van der Waals surface area contributed by atoms with E-state index >= 15 is 0 Å². The Kier molecular flexibility index (Phi) is 14.2. The molecule has 0 unspecified atom stereocenters. The zero-order valence-corrected chi connectivity index (χ0v) is 38.3. The first kappa shape index (κ1) is 46.7. The van der Waals surface area contributed by atoms with Gasteiger partial charge in [-0.25, -0.2) is 14.4 Å². The van der Waals surface area contributed by atoms with Crippen molar-refractivity contribution in [3.8, 4) is 68.1 Å². The molecule has 3 heterocycles. The number of para-hydroxylation sites is 6. The molecule has 0 aliphatic carbocycles. The van der Waals surface area contributed by atoms with Crippen molar-refractivity contribution < 1.29 is 15.3 Å². The molecule has 356 valence electrons. The molecule has 9 rings (SSSR count). The quantitative estimate of drug-likeness (QED) is 0.0504. The predicted octanol–water partition coefficient (Wildman–Crippen LogP) is 7.22. The van der Waals surface area contributed by atoms with E-state index in [1.165, 1.54) is 20.1 Å². The molecule has 0 saturated carbocycles. The lowest BCUT2D eigenvalue weighted by Crippen LogP contribution is -2.34. The topological polar surface area (TPSA) is 231 Å². The number of benzene rings is 6. The van der Waals surface area contributed by atoms with E-state index < -0.39 is 17.1 Å². The molecule has 0 radical (unpaired) electrons. The van der Waals surface area contributed by atoms with Gasteiger partial charge in [-0.2, -0.15) is 44.3 Å². The molecule has 0 bridgehead atoms. The van der Waals surface area contributed by atoms with Gasteiger partial charge in [-0.05, 0) is 98.5 Å². The van der Waals surface area contributed by atoms with Crippen molar-refractivity contribution in [3.63, 3.8) is 0 Å². The SMILES string of the molecule is O=c1nc(NCCCCCN(CCCNc2nc(=O)n(-c3ccccc3)nc2-c2ccccc2O)c2nc(=O)n(-c3ccccc3)nc2-c2ccccc2O)c(-c2ccccc2O)nn1-c1ccccc1. The zero-order valence-electron chi connectivity index (χ0n) is 38.3. The molecule has 0 saturated heterocycles. The molecular formula is C53H48N12O6. The van der Waals surface area contributed by atoms with E-state index in [9.17, 15) is 29.7 Å². The number of rotatable bonds is 19. The molecule has 3 aromatic heterocycles. The van der Waals surface area contributed by atoms with Gasteiger partial charge in [0, 0.05) is 42.9 Å². The number of nitrogens with one attached hydrogen (secondary N) is 2. The third kappa shape index (κ3) is 10.7. The van der Waals surface area contributed by atoms with Gasteiger partial charge in [0.15, 0.2) is 17.5 Å². The average Bonchev–Trinajstić information content (AvgIpc) is 3.39. The summed E-state index contributed by atoms with van der Waals surface area (Å²) in [7, 11) is 0. The van der Waals surface area contributed by atoms with Gasteiger partial charge in [0.1, 0.15) is 34.3 Å². The van der Waals surface area contributed by atoms with Crippen LogP contribution in [0.4, 0.5) is 17.5 Å². The maximum absolute atomic E-state index is 13.9. The summed E-state index contributed by atoms with van der Waals surface area (Å²) in [5.41, 5.74) is 1.75. The van der Waals surface area contributed by atoms with Crippen molar-refractivity contribution >= 4 is 17.5 Å². The molecule has 0 amide bonds. The van der Waals surface area contributed by atoms with Gasteiger partial charge >= 0.3 is 17.1 Å². The highest BCUT2D eigenvalue weighted by atomic mass is 16.3. The number of aromatic hydroxyl groups is 3. The highest BCUT2D eigenvalue weighted by Gasteiger charge is 2.23. The van der Waals surface area contributed by atoms with Gasteiger partial charge < -0.3 is 30.9 Å². The molecule has 5 N–H and O–H groups in total. The highest BCUT2D eigenvalue weighted by molar-refractivity contribution is 5.78. The second-order valence-corrected chi connectivity index (χ2v) is 16.3. The summed E-state index contributed by atoms with van der Waals surface area (Å²) in [6.45, 7) is 1.45. The standard InChI is InChI=1S/C53H48N12O6/c66-42-29-14-11-26-39(42)45-48(56-51(69)63(59-45)36-20-5-1-6-21-36)54-32-17-4-18-34-62(50-47(41-28-13-16-31-44(41)68)61-65(53(71)58-50)38-24-9-3-10-25-38)35-19-33-55-49-46(40-27-12-15-30-43(40)67)60-64(52(70)57-49)37-22-7-2-8-23-37/h1-3,5-16,20-31,66-68H,4,17-19,32-35H2,(H,54,56,69)(H,55,57,70). The number of hydrogen-bond acceptors (Lipinski definition) is 15. The van der Waals surface area contributed by atoms with Gasteiger partial charge in [-0.3, -0.25) is 0 Å². The lowest BCUT2D eigenvalue weighted by molar-refractivity contribution is 0.476. The number of phenolic OH excluding ortho intramolecular Hbond substituents is 3. The van der Waals surface area contributed by atoms with Crippen LogP contribution in [0, 0.1) is 0 Å². The number of aromatic nitrogens is 9. The van der Waals surface area contributed by atoms with Crippen LogP contribution in [-0.2, 0) is 0 Å². The maximum Gasteiger partial charge on any atom is 0.370 e. The van der Waals surface area contributed by atoms with E-state index in [4.69, 9.17) is 5.10 Å². The van der Waals surface area contributed by atoms with Crippen LogP contribution in [0.25, 0.3) is 50.8 Å². The summed E-state index contributed by atoms with van der Waals surface area (Å²) in [5.74, 6) is 0.576. The summed E-state index contributed by atoms with van der Waals surface area (Å²) >= 11 is 0. The maximum atomic E-state index is 13.9. The summed E-state index contributed by atoms with van der Waals surface area (Å²) in [5, 5.41) is 53.5. The van der Waals surface area contributed by atoms with Gasteiger partial charge in [-0.15, -0.1) is 0 Å². The zero-order chi connectivity index (χ0) is 49.1. The van der Waals surface area contributed by atoms with Crippen LogP contribution < -0.4 is 32.6 Å². The Morgan fingerprint density at radius 2 is 0.746 bits per heavy atom. The fourth-order valence-corrected chi connectivity index (χ4v) is 8.00. The van der Waals surface area contributed by atoms with Crippen LogP contribution in [0.3, 0.4) is 0 Å². The Labute approximate surface area is 406 Å². The van der Waals surface area contributed by atoms with Crippen LogP contribution in [-0.4, -0.2) is 85.8 Å². The Morgan fingerprint density at radius 1 is 0.394 bits per heavy atom. The van der Waals surface area contributed by atoms with Crippen LogP contribution in [0.5, 0.6) is 17.2 Å². The van der Waals surface area contributed by atoms with Crippen molar-refractivity contribution in [2.75, 3.05) is 41.7 Å². The van der Waals surface area contributed by atoms with Gasteiger partial charge in [0.2, 0.25) is 0 Å². The molecule has 6 aromatic carbocycles. The third-order valence-corrected chi connectivity index (χ3v) is 11.5. The number of unbranched alkanes of at least 4 members (excludes halogenated alkanes) is 2. The lowest BCUT2D eigenvalue weighted by atomic mass is 10.1. The van der Waals surface area contributed by atoms with Crippen molar-refractivity contribution in [2.24, 2.45) is 0 Å². The molecule has 9 aromatic rings. The Morgan fingerprint density at radius 3 is 1.18 bits per heavy atom. The Hall–Kier alpha value is -9.45. The van der Waals surface area contributed by atoms with Gasteiger partial charge in [0.25, 0.3) is 0 Å². The Bertz CT molecular complexity index is 3460. The average molecular weight is 949 g/mol. The molecule has 71 heavy (non-hydrogen) atoms. The first-order valence-electron chi connectivity index (χ1n) is 23.0. The minimum absolute atomic E-state index is 0.0138. The first-order chi connectivity index (χ1) is 34.7. The minimum atomic E-state index is -0.617. The number of phenols is 3. The number of nitrogens with zero attached hydrogens (tertiary/aromatic N) is 10. The molecule has 0 spiro atoms. The molecule has 0 atom stereocenters. The van der Waals surface area contributed by atoms with E-state index in [-0.39, 0.29) is 46.9 Å². The minimum Gasteiger partial charge on any atom is -0.507 e. The van der Waals surface area contributed by atoms with Crippen molar-refractivity contribution in [3.05, 3.63) is 195 Å². The molecule has 0 aliphatic rings. The molecule has 0 fully saturated rings. The van der Waals surface area contributed by atoms with Crippen molar-refractivity contribution in [2.45, 2.75) is 25.7 Å². The van der Waals surface area contributed by atoms with E-state index in [1.807, 2.05) is 23.1 Å². The normalized spacial score (nSPS) is 11.0. The summed E-state index contributed by atoms with van der Waals surface area (Å²) in [6.07, 6.45) is 2.37. The number of anilines is 3. The lowest BCUT2D eigenvalue weighted by Gasteiger charge is -2.26. The van der Waals surface area contributed by atoms with E-state index in [0.717, 1.165) is 0 Å². The fourth-order valence-electron chi connectivity index (χ4n) is 8.00. The first-order valence-corrected chi connectivity index (χ1v) is 23.0. The summed E-state index contributed by atoms with van der Waals surface area (Å²) in [4.78, 5) is 55.9. The molecular weight excluding hydrogens is 901 g/mol. The van der Waals surface area contributed by atoms with Gasteiger partial charge in [-0.1, -0.05) is 91.0 Å². The molecule has 18 nitrogen and oxygen atoms in total. The largest absolute Gasteiger partial charge is 0.507 e. The smallest absolute Gasteiger partial charge is 0.370 e. The van der Waals surface area contributed by atoms with Crippen LogP contribution in [0.15, 0.2) is 178 Å². The monoisotopic (exact) mass is 948 g/mol. The molecule has 18 heteroatoms. The van der Waals surface area contributed by atoms with E-state index in [1.54, 1.807) is 140 Å². The second-order valence-electron chi connectivity index (χ2n) is 16.3. The summed E-state index contributed by atoms with van der Waals surface area (Å²) < 4.78 is 3.59. The van der Waals surface area contributed by atoms with Crippen molar-refractivity contribution in [1.82, 2.24) is 44.3 Å². The van der Waals surface area contributed by atoms with Gasteiger partial charge in [0.05, 0.1) is 17.1 Å². The van der Waals surface area contributed by atoms with Crippen LogP contribution >= 0.6 is 0 Å². The predicted molar refractivity (Wildman–Crippen MR) is 272 cm³/mol. The highest BCUT2D eigenvalue weighted by Crippen LogP contribution is 2.35. The fraction of sp³-hybridized carbons (Fsp3) is 0.151. The molecule has 0 aliphatic heterocycles. The van der Waals surface area contributed by atoms with Crippen LogP contribution in [0.1, 0.15) is 25.7 Å². The second kappa shape index (κ2) is 21.7. The number of hydrogen-bond donors (Lipinski definition) is 5. The van der Waals surface area contributed by atoms with Crippen molar-refractivity contribution in [1.29, 1.82) is 0 Å².